The molecule has 1 heterocycles. The number of benzene rings is 1. The largest absolute Gasteiger partial charge is 0.393 e. The summed E-state index contributed by atoms with van der Waals surface area (Å²) < 4.78 is 0. The first-order chi connectivity index (χ1) is 36.6. The molecule has 22 nitrogen and oxygen atoms in total. The molecule has 0 radical (unpaired) electrons. The van der Waals surface area contributed by atoms with Gasteiger partial charge < -0.3 is 65.0 Å². The molecule has 2 aliphatic rings. The van der Waals surface area contributed by atoms with Crippen LogP contribution in [0, 0.1) is 35.5 Å². The second-order valence-corrected chi connectivity index (χ2v) is 21.6. The Balaban J connectivity index is 2.09. The Morgan fingerprint density at radius 2 is 1.18 bits per heavy atom. The van der Waals surface area contributed by atoms with E-state index in [4.69, 9.17) is 22.9 Å². The fraction of sp³-hybridized carbons (Fsp3) is 0.709. The Bertz CT molecular complexity index is 2100. The average Bonchev–Trinajstić information content (AvgIpc) is 3.37. The summed E-state index contributed by atoms with van der Waals surface area (Å²) in [6, 6.07) is 2.52. The monoisotopic (exact) mass is 1080 g/mol. The minimum atomic E-state index is -1.40. The van der Waals surface area contributed by atoms with Crippen molar-refractivity contribution >= 4 is 58.6 Å². The molecular weight excluding hydrogens is 993 g/mol. The number of aliphatic hydroxyl groups is 2. The molecular formula is C55H90N10O12. The van der Waals surface area contributed by atoms with E-state index in [1.807, 2.05) is 13.8 Å². The van der Waals surface area contributed by atoms with Crippen molar-refractivity contribution in [3.05, 3.63) is 35.9 Å². The van der Waals surface area contributed by atoms with Crippen LogP contribution < -0.4 is 54.8 Å². The van der Waals surface area contributed by atoms with Crippen LogP contribution in [-0.2, 0) is 54.4 Å². The number of carbonyl (C=O) groups excluding carboxylic acids is 10. The Morgan fingerprint density at radius 3 is 1.75 bits per heavy atom. The van der Waals surface area contributed by atoms with Crippen LogP contribution in [0.4, 0.5) is 0 Å². The van der Waals surface area contributed by atoms with E-state index in [2.05, 4.69) is 31.9 Å². The molecule has 0 bridgehead atoms. The lowest BCUT2D eigenvalue weighted by Crippen LogP contribution is -2.57. The van der Waals surface area contributed by atoms with Crippen molar-refractivity contribution in [2.75, 3.05) is 32.7 Å². The van der Waals surface area contributed by atoms with Gasteiger partial charge in [0.1, 0.15) is 17.9 Å². The summed E-state index contributed by atoms with van der Waals surface area (Å²) in [7, 11) is 0. The first-order valence-corrected chi connectivity index (χ1v) is 27.7. The maximum atomic E-state index is 14.5. The first-order valence-electron chi connectivity index (χ1n) is 27.7. The molecule has 2 fully saturated rings. The lowest BCUT2D eigenvalue weighted by molar-refractivity contribution is -0.137. The number of rotatable bonds is 23. The van der Waals surface area contributed by atoms with Gasteiger partial charge in [-0.05, 0) is 102 Å². The van der Waals surface area contributed by atoms with Crippen molar-refractivity contribution in [2.45, 2.75) is 179 Å². The molecule has 1 aromatic rings. The van der Waals surface area contributed by atoms with Gasteiger partial charge in [-0.2, -0.15) is 0 Å². The van der Waals surface area contributed by atoms with E-state index in [-0.39, 0.29) is 108 Å². The highest BCUT2D eigenvalue weighted by Gasteiger charge is 2.37. The van der Waals surface area contributed by atoms with Crippen LogP contribution in [0.1, 0.15) is 136 Å². The van der Waals surface area contributed by atoms with Gasteiger partial charge in [-0.1, -0.05) is 76.3 Å². The molecule has 6 amide bonds. The summed E-state index contributed by atoms with van der Waals surface area (Å²) in [5.74, 6) is -11.5. The maximum Gasteiger partial charge on any atom is 0.243 e. The number of hydrogen-bond acceptors (Lipinski definition) is 16. The summed E-state index contributed by atoms with van der Waals surface area (Å²) in [5, 5.41) is 37.7. The van der Waals surface area contributed by atoms with Crippen LogP contribution in [0.3, 0.4) is 0 Å². The average molecular weight is 1080 g/mol. The van der Waals surface area contributed by atoms with Gasteiger partial charge in [0.05, 0.1) is 42.2 Å². The van der Waals surface area contributed by atoms with Crippen LogP contribution in [0.5, 0.6) is 0 Å². The SMILES string of the molecule is CC(C)C[C@@H]1NC(=O)[C@@H](Cc2ccccc2)CC(=O)[C@H](CCN)NC(=O)[C@@H](CC(=O)[C@H](CCN)NC(=O)[C@@H](CC(=O)CC2CCCCC2)C(C)O)CCNC(=O)[C@H](C(C)O)CC(=O)[C@H](CCN)NC(=O)[C@H](CCN)NC1=O. The molecule has 432 valence electrons. The normalized spacial score (nSPS) is 25.0. The molecule has 1 aliphatic heterocycles. The number of aliphatic hydroxyl groups excluding tert-OH is 2. The minimum Gasteiger partial charge on any atom is -0.393 e. The highest BCUT2D eigenvalue weighted by Crippen LogP contribution is 2.28. The lowest BCUT2D eigenvalue weighted by Gasteiger charge is -2.28. The zero-order valence-electron chi connectivity index (χ0n) is 45.7. The smallest absolute Gasteiger partial charge is 0.243 e. The first kappa shape index (κ1) is 65.8. The lowest BCUT2D eigenvalue weighted by atomic mass is 9.83. The molecule has 1 aliphatic carbocycles. The minimum absolute atomic E-state index is 0.0373. The predicted molar refractivity (Wildman–Crippen MR) is 289 cm³/mol. The van der Waals surface area contributed by atoms with E-state index in [0.29, 0.717) is 5.56 Å². The molecule has 77 heavy (non-hydrogen) atoms. The Kier molecular flexibility index (Phi) is 29.4. The molecule has 16 N–H and O–H groups in total. The van der Waals surface area contributed by atoms with Gasteiger partial charge in [0, 0.05) is 50.5 Å². The van der Waals surface area contributed by atoms with Crippen LogP contribution in [0.2, 0.25) is 0 Å². The Labute approximate surface area is 453 Å². The van der Waals surface area contributed by atoms with Gasteiger partial charge in [-0.25, -0.2) is 0 Å². The number of nitrogens with one attached hydrogen (secondary N) is 6. The van der Waals surface area contributed by atoms with E-state index >= 15 is 0 Å². The Morgan fingerprint density at radius 1 is 0.636 bits per heavy atom. The van der Waals surface area contributed by atoms with Crippen LogP contribution in [0.15, 0.2) is 30.3 Å². The van der Waals surface area contributed by atoms with Crippen molar-refractivity contribution < 1.29 is 58.2 Å². The van der Waals surface area contributed by atoms with Gasteiger partial charge in [0.2, 0.25) is 35.4 Å². The van der Waals surface area contributed by atoms with Crippen molar-refractivity contribution in [3.63, 3.8) is 0 Å². The van der Waals surface area contributed by atoms with Crippen molar-refractivity contribution in [1.82, 2.24) is 31.9 Å². The van der Waals surface area contributed by atoms with E-state index in [1.165, 1.54) is 13.8 Å². The number of hydrogen-bond donors (Lipinski definition) is 12. The number of amides is 6. The number of Topliss-reactive ketones (excluding diaryl/α,β-unsaturated/α-hetero) is 4. The van der Waals surface area contributed by atoms with Crippen molar-refractivity contribution in [3.8, 4) is 0 Å². The molecule has 3 rings (SSSR count). The number of nitrogens with two attached hydrogens (primary N) is 4. The topological polar surface area (TPSA) is 387 Å². The molecule has 0 aromatic heterocycles. The van der Waals surface area contributed by atoms with E-state index < -0.39 is 138 Å². The number of ketones is 4. The van der Waals surface area contributed by atoms with Gasteiger partial charge in [0.25, 0.3) is 0 Å². The van der Waals surface area contributed by atoms with Crippen LogP contribution >= 0.6 is 0 Å². The number of carbonyl (C=O) groups is 10. The van der Waals surface area contributed by atoms with Crippen molar-refractivity contribution in [1.29, 1.82) is 0 Å². The second-order valence-electron chi connectivity index (χ2n) is 21.6. The van der Waals surface area contributed by atoms with Gasteiger partial charge >= 0.3 is 0 Å². The van der Waals surface area contributed by atoms with Gasteiger partial charge in [-0.3, -0.25) is 47.9 Å². The quantitative estimate of drug-likeness (QED) is 0.0666. The standard InChI is InChI=1S/C55H90N10O12/c1-32(2)25-46-55(77)64-45(18-23-59)54(76)63-44(17-22-58)49(71)31-41(34(4)67)52(74)60-24-19-37(50(72)61-42(15-20-56)48(70)29-38(51(73)65-46)26-35-11-7-5-8-12-35)28-47(69)43(16-21-57)62-53(75)40(33(3)66)30-39(68)27-36-13-9-6-10-14-36/h5,7-8,11-12,32-34,36-38,40-46,66-67H,6,9-10,13-31,56-59H2,1-4H3,(H,60,74)(H,61,72)(H,62,75)(H,63,76)(H,64,77)(H,65,73)/t33?,34?,37-,38+,40+,41+,42+,43+,44+,45+,46+/m1/s1. The molecule has 0 spiro atoms. The third-order valence-electron chi connectivity index (χ3n) is 14.6. The van der Waals surface area contributed by atoms with Gasteiger partial charge in [-0.15, -0.1) is 0 Å². The molecule has 1 aromatic carbocycles. The maximum absolute atomic E-state index is 14.5. The zero-order valence-corrected chi connectivity index (χ0v) is 45.7. The summed E-state index contributed by atoms with van der Waals surface area (Å²) in [4.78, 5) is 141. The van der Waals surface area contributed by atoms with E-state index in [1.54, 1.807) is 30.3 Å². The molecule has 1 saturated carbocycles. The predicted octanol–water partition coefficient (Wildman–Crippen LogP) is -0.352. The fourth-order valence-corrected chi connectivity index (χ4v) is 10.1. The van der Waals surface area contributed by atoms with Crippen LogP contribution in [0.25, 0.3) is 0 Å². The Hall–Kier alpha value is -5.52. The molecule has 2 unspecified atom stereocenters. The summed E-state index contributed by atoms with van der Waals surface area (Å²) in [6.45, 7) is 5.74. The van der Waals surface area contributed by atoms with Crippen LogP contribution in [-0.4, -0.2) is 144 Å². The molecule has 11 atom stereocenters. The molecule has 1 saturated heterocycles. The highest BCUT2D eigenvalue weighted by molar-refractivity contribution is 5.98. The molecule has 22 heteroatoms. The van der Waals surface area contributed by atoms with Gasteiger partial charge in [0.15, 0.2) is 17.3 Å². The van der Waals surface area contributed by atoms with Crippen molar-refractivity contribution in [2.24, 2.45) is 58.4 Å². The third kappa shape index (κ3) is 22.8. The summed E-state index contributed by atoms with van der Waals surface area (Å²) in [6.07, 6.45) is 0.358. The fourth-order valence-electron chi connectivity index (χ4n) is 10.1. The highest BCUT2D eigenvalue weighted by atomic mass is 16.3. The summed E-state index contributed by atoms with van der Waals surface area (Å²) in [5.41, 5.74) is 24.4. The zero-order chi connectivity index (χ0) is 57.2. The second kappa shape index (κ2) is 34.4. The van der Waals surface area contributed by atoms with E-state index in [9.17, 15) is 58.2 Å². The summed E-state index contributed by atoms with van der Waals surface area (Å²) >= 11 is 0. The van der Waals surface area contributed by atoms with E-state index in [0.717, 1.165) is 32.1 Å². The third-order valence-corrected chi connectivity index (χ3v) is 14.6.